The Morgan fingerprint density at radius 3 is 1.19 bits per heavy atom. The molecule has 0 saturated heterocycles. The number of halogens is 1. The monoisotopic (exact) mass is 840 g/mol. The molecule has 4 nitrogen and oxygen atoms in total. The van der Waals surface area contributed by atoms with Crippen molar-refractivity contribution in [3.8, 4) is 78.7 Å². The molecular formula is C58H53ClN4. The van der Waals surface area contributed by atoms with Crippen LogP contribution in [0.2, 0.25) is 5.02 Å². The molecule has 0 aliphatic carbocycles. The molecule has 0 aliphatic heterocycles. The number of rotatable bonds is 11. The van der Waals surface area contributed by atoms with E-state index in [1.165, 1.54) is 33.6 Å². The van der Waals surface area contributed by atoms with Gasteiger partial charge in [0.05, 0.1) is 11.4 Å². The third-order valence-electron chi connectivity index (χ3n) is 12.3. The van der Waals surface area contributed by atoms with E-state index in [4.69, 9.17) is 21.6 Å². The number of para-hydroxylation sites is 2. The van der Waals surface area contributed by atoms with Gasteiger partial charge in [-0.1, -0.05) is 187 Å². The van der Waals surface area contributed by atoms with E-state index in [1.807, 2.05) is 12.4 Å². The van der Waals surface area contributed by atoms with Crippen molar-refractivity contribution in [2.75, 3.05) is 0 Å². The average Bonchev–Trinajstić information content (AvgIpc) is 4.00. The summed E-state index contributed by atoms with van der Waals surface area (Å²) in [5, 5.41) is 0.691. The second-order valence-corrected chi connectivity index (χ2v) is 17.9. The van der Waals surface area contributed by atoms with Gasteiger partial charge in [-0.3, -0.25) is 9.13 Å². The molecule has 0 aliphatic rings. The first-order chi connectivity index (χ1) is 30.6. The Morgan fingerprint density at radius 1 is 0.397 bits per heavy atom. The first kappa shape index (κ1) is 41.6. The van der Waals surface area contributed by atoms with Crippen LogP contribution >= 0.6 is 11.6 Å². The van der Waals surface area contributed by atoms with Crippen LogP contribution in [0.25, 0.3) is 78.7 Å². The zero-order valence-corrected chi connectivity index (χ0v) is 37.9. The van der Waals surface area contributed by atoms with Crippen molar-refractivity contribution in [1.29, 1.82) is 0 Å². The molecule has 0 amide bonds. The fourth-order valence-electron chi connectivity index (χ4n) is 9.13. The summed E-state index contributed by atoms with van der Waals surface area (Å²) in [7, 11) is 0. The molecule has 0 atom stereocenters. The first-order valence-electron chi connectivity index (χ1n) is 22.1. The normalized spacial score (nSPS) is 11.6. The maximum atomic E-state index is 7.02. The van der Waals surface area contributed by atoms with Gasteiger partial charge >= 0.3 is 0 Å². The zero-order valence-electron chi connectivity index (χ0n) is 37.1. The van der Waals surface area contributed by atoms with Crippen molar-refractivity contribution in [3.63, 3.8) is 0 Å². The third-order valence-corrected chi connectivity index (χ3v) is 12.5. The summed E-state index contributed by atoms with van der Waals surface area (Å²) in [6.07, 6.45) is 7.98. The Morgan fingerprint density at radius 2 is 0.762 bits per heavy atom. The minimum Gasteiger partial charge on any atom is -0.299 e. The van der Waals surface area contributed by atoms with Gasteiger partial charge in [-0.05, 0) is 110 Å². The Kier molecular flexibility index (Phi) is 11.6. The average molecular weight is 842 g/mol. The Labute approximate surface area is 377 Å². The molecule has 5 heteroatoms. The minimum atomic E-state index is 0.380. The van der Waals surface area contributed by atoms with E-state index in [0.29, 0.717) is 22.8 Å². The highest BCUT2D eigenvalue weighted by Gasteiger charge is 2.20. The molecule has 7 aromatic carbocycles. The molecule has 0 bridgehead atoms. The van der Waals surface area contributed by atoms with Crippen molar-refractivity contribution in [2.45, 2.75) is 66.2 Å². The van der Waals surface area contributed by atoms with Gasteiger partial charge in [0.2, 0.25) is 0 Å². The van der Waals surface area contributed by atoms with Gasteiger partial charge < -0.3 is 0 Å². The highest BCUT2D eigenvalue weighted by Crippen LogP contribution is 2.41. The van der Waals surface area contributed by atoms with Crippen LogP contribution in [0.1, 0.15) is 81.5 Å². The van der Waals surface area contributed by atoms with E-state index < -0.39 is 0 Å². The van der Waals surface area contributed by atoms with Gasteiger partial charge in [0.1, 0.15) is 11.6 Å². The summed E-state index contributed by atoms with van der Waals surface area (Å²) >= 11 is 7.02. The number of hydrogen-bond acceptors (Lipinski definition) is 2. The van der Waals surface area contributed by atoms with Crippen molar-refractivity contribution >= 4 is 11.6 Å². The molecule has 0 N–H and O–H groups in total. The summed E-state index contributed by atoms with van der Waals surface area (Å²) in [4.78, 5) is 9.73. The van der Waals surface area contributed by atoms with Gasteiger partial charge in [0.15, 0.2) is 0 Å². The molecule has 63 heavy (non-hydrogen) atoms. The summed E-state index contributed by atoms with van der Waals surface area (Å²) in [5.41, 5.74) is 18.7. The number of aryl methyl sites for hydroxylation is 1. The summed E-state index contributed by atoms with van der Waals surface area (Å²) in [6, 6.07) is 54.4. The van der Waals surface area contributed by atoms with Crippen LogP contribution in [0.4, 0.5) is 0 Å². The van der Waals surface area contributed by atoms with Crippen LogP contribution in [-0.2, 0) is 0 Å². The second-order valence-electron chi connectivity index (χ2n) is 17.5. The van der Waals surface area contributed by atoms with E-state index in [-0.39, 0.29) is 0 Å². The van der Waals surface area contributed by atoms with Gasteiger partial charge in [-0.15, -0.1) is 0 Å². The standard InChI is InChI=1S/C58H53ClN4/c1-37(2)48-19-12-14-40(7)55(48)62-32-30-60-57(62)43-26-22-41(23-27-43)51-15-8-10-17-53(51)45-34-46(36-47(59)35-45)54-18-11-9-16-52(54)42-24-28-44(29-25-42)58-61-31-33-63(58)56-49(38(3)4)20-13-21-50(56)39(5)6/h8-39H,1-7H3. The van der Waals surface area contributed by atoms with Gasteiger partial charge in [-0.25, -0.2) is 9.97 Å². The molecular weight excluding hydrogens is 788 g/mol. The molecule has 0 radical (unpaired) electrons. The van der Waals surface area contributed by atoms with Crippen molar-refractivity contribution in [2.24, 2.45) is 0 Å². The van der Waals surface area contributed by atoms with Crippen LogP contribution in [-0.4, -0.2) is 19.1 Å². The SMILES string of the molecule is Cc1cccc(C(C)C)c1-n1ccnc1-c1ccc(-c2ccccc2-c2cc(Cl)cc(-c3ccccc3-c3ccc(-c4nccn4-c4c(C(C)C)cccc4C(C)C)cc3)c2)cc1. The fourth-order valence-corrected chi connectivity index (χ4v) is 9.37. The number of aromatic nitrogens is 4. The van der Waals surface area contributed by atoms with Crippen molar-refractivity contribution < 1.29 is 0 Å². The summed E-state index contributed by atoms with van der Waals surface area (Å²) < 4.78 is 4.51. The van der Waals surface area contributed by atoms with Gasteiger partial charge in [0, 0.05) is 40.9 Å². The zero-order chi connectivity index (χ0) is 43.8. The number of nitrogens with zero attached hydrogens (tertiary/aromatic N) is 4. The van der Waals surface area contributed by atoms with Crippen LogP contribution < -0.4 is 0 Å². The fraction of sp³-hybridized carbons (Fsp3) is 0.172. The molecule has 9 aromatic rings. The van der Waals surface area contributed by atoms with Crippen molar-refractivity contribution in [1.82, 2.24) is 19.1 Å². The number of benzene rings is 7. The van der Waals surface area contributed by atoms with E-state index >= 15 is 0 Å². The maximum Gasteiger partial charge on any atom is 0.144 e. The number of hydrogen-bond donors (Lipinski definition) is 0. The Bertz CT molecular complexity index is 3030. The van der Waals surface area contributed by atoms with E-state index in [2.05, 4.69) is 222 Å². The smallest absolute Gasteiger partial charge is 0.144 e. The molecule has 2 aromatic heterocycles. The van der Waals surface area contributed by atoms with Gasteiger partial charge in [0.25, 0.3) is 0 Å². The topological polar surface area (TPSA) is 35.6 Å². The summed E-state index contributed by atoms with van der Waals surface area (Å²) in [6.45, 7) is 15.7. The number of imidazole rings is 2. The van der Waals surface area contributed by atoms with Crippen LogP contribution in [0.15, 0.2) is 176 Å². The van der Waals surface area contributed by atoms with Gasteiger partial charge in [-0.2, -0.15) is 0 Å². The third kappa shape index (κ3) is 8.08. The molecule has 0 unspecified atom stereocenters. The maximum absolute atomic E-state index is 7.02. The van der Waals surface area contributed by atoms with Crippen LogP contribution in [0.5, 0.6) is 0 Å². The van der Waals surface area contributed by atoms with E-state index in [1.54, 1.807) is 0 Å². The predicted octanol–water partition coefficient (Wildman–Crippen LogP) is 16.4. The quantitative estimate of drug-likeness (QED) is 0.130. The van der Waals surface area contributed by atoms with Crippen molar-refractivity contribution in [3.05, 3.63) is 204 Å². The first-order valence-corrected chi connectivity index (χ1v) is 22.5. The molecule has 2 heterocycles. The lowest BCUT2D eigenvalue weighted by Gasteiger charge is -2.22. The lowest BCUT2D eigenvalue weighted by atomic mass is 9.90. The minimum absolute atomic E-state index is 0.380. The summed E-state index contributed by atoms with van der Waals surface area (Å²) in [5.74, 6) is 3.01. The lowest BCUT2D eigenvalue weighted by Crippen LogP contribution is -2.07. The van der Waals surface area contributed by atoms with Crippen LogP contribution in [0.3, 0.4) is 0 Å². The lowest BCUT2D eigenvalue weighted by molar-refractivity contribution is 0.807. The van der Waals surface area contributed by atoms with E-state index in [9.17, 15) is 0 Å². The Hall–Kier alpha value is -6.75. The predicted molar refractivity (Wildman–Crippen MR) is 265 cm³/mol. The highest BCUT2D eigenvalue weighted by molar-refractivity contribution is 6.31. The van der Waals surface area contributed by atoms with E-state index in [0.717, 1.165) is 67.3 Å². The second kappa shape index (κ2) is 17.6. The molecule has 0 saturated carbocycles. The highest BCUT2D eigenvalue weighted by atomic mass is 35.5. The molecule has 312 valence electrons. The largest absolute Gasteiger partial charge is 0.299 e. The molecule has 0 spiro atoms. The molecule has 9 rings (SSSR count). The van der Waals surface area contributed by atoms with Crippen LogP contribution in [0, 0.1) is 6.92 Å². The Balaban J connectivity index is 1.04. The molecule has 0 fully saturated rings.